The molecule has 0 amide bonds. The van der Waals surface area contributed by atoms with E-state index in [0.717, 1.165) is 30.2 Å². The van der Waals surface area contributed by atoms with Crippen molar-refractivity contribution < 1.29 is 13.7 Å². The molecule has 0 radical (unpaired) electrons. The fourth-order valence-electron chi connectivity index (χ4n) is 3.62. The molecule has 1 saturated heterocycles. The summed E-state index contributed by atoms with van der Waals surface area (Å²) in [5, 5.41) is 5.76. The van der Waals surface area contributed by atoms with Gasteiger partial charge in [0.1, 0.15) is 15.9 Å². The van der Waals surface area contributed by atoms with Crippen molar-refractivity contribution >= 4 is 48.7 Å². The van der Waals surface area contributed by atoms with Crippen molar-refractivity contribution in [2.45, 2.75) is 0 Å². The highest BCUT2D eigenvalue weighted by Gasteiger charge is 2.28. The Morgan fingerprint density at radius 3 is 2.44 bits per heavy atom. The van der Waals surface area contributed by atoms with Gasteiger partial charge >= 0.3 is 0 Å². The maximum Gasteiger partial charge on any atom is 0.200 e. The lowest BCUT2D eigenvalue weighted by atomic mass is 10.1. The van der Waals surface area contributed by atoms with Gasteiger partial charge in [0.15, 0.2) is 11.4 Å². The molecular formula is C22H21Cl2N3O3S2. The molecule has 4 rings (SSSR count). The molecule has 168 valence electrons. The van der Waals surface area contributed by atoms with E-state index in [0.29, 0.717) is 37.4 Å². The van der Waals surface area contributed by atoms with Crippen LogP contribution in [0, 0.1) is 0 Å². The number of para-hydroxylation sites is 1. The maximum atomic E-state index is 13.3. The van der Waals surface area contributed by atoms with Crippen molar-refractivity contribution in [1.82, 2.24) is 14.7 Å². The molecule has 1 aliphatic rings. The number of hydrogen-bond donors (Lipinski definition) is 0. The zero-order valence-corrected chi connectivity index (χ0v) is 20.4. The Bertz CT molecular complexity index is 1200. The average molecular weight is 510 g/mol. The number of carbonyl (C=O) groups is 1. The summed E-state index contributed by atoms with van der Waals surface area (Å²) in [6.07, 6.45) is 0. The molecule has 0 spiro atoms. The number of aromatic nitrogens is 2. The van der Waals surface area contributed by atoms with Gasteiger partial charge in [-0.25, -0.2) is 8.89 Å². The molecule has 3 aromatic rings. The summed E-state index contributed by atoms with van der Waals surface area (Å²) < 4.78 is 18.4. The third-order valence-electron chi connectivity index (χ3n) is 5.24. The fraction of sp³-hybridized carbons (Fsp3) is 0.273. The first-order valence-corrected chi connectivity index (χ1v) is 13.5. The molecule has 0 bridgehead atoms. The Balaban J connectivity index is 1.77. The maximum absolute atomic E-state index is 13.3. The second-order valence-electron chi connectivity index (χ2n) is 7.22. The van der Waals surface area contributed by atoms with Gasteiger partial charge in [0.2, 0.25) is 5.78 Å². The SMILES string of the molecule is COc1c(C(=O)CN2CCS(=S=O)CC2)nn(-c2ccccc2Cl)c1-c1ccc(Cl)cc1. The molecule has 1 aromatic heterocycles. The molecule has 2 aromatic carbocycles. The van der Waals surface area contributed by atoms with Crippen molar-refractivity contribution in [2.75, 3.05) is 38.2 Å². The van der Waals surface area contributed by atoms with Gasteiger partial charge in [0.05, 0.1) is 24.4 Å². The van der Waals surface area contributed by atoms with Crippen molar-refractivity contribution in [2.24, 2.45) is 0 Å². The van der Waals surface area contributed by atoms with E-state index in [1.54, 1.807) is 22.9 Å². The predicted molar refractivity (Wildman–Crippen MR) is 132 cm³/mol. The van der Waals surface area contributed by atoms with Crippen molar-refractivity contribution in [3.05, 3.63) is 64.3 Å². The van der Waals surface area contributed by atoms with Gasteiger partial charge in [0, 0.05) is 35.2 Å². The summed E-state index contributed by atoms with van der Waals surface area (Å²) in [7, 11) is 2.06. The zero-order valence-electron chi connectivity index (χ0n) is 17.3. The summed E-state index contributed by atoms with van der Waals surface area (Å²) in [6.45, 7) is 1.67. The van der Waals surface area contributed by atoms with Crippen LogP contribution in [0.2, 0.25) is 10.0 Å². The minimum absolute atomic E-state index is 0.139. The Hall–Kier alpha value is -1.97. The number of ether oxygens (including phenoxy) is 1. The van der Waals surface area contributed by atoms with Gasteiger partial charge in [-0.3, -0.25) is 9.69 Å². The number of nitrogens with zero attached hydrogens (tertiary/aromatic N) is 3. The molecule has 6 nitrogen and oxygen atoms in total. The minimum atomic E-state index is -0.153. The van der Waals surface area contributed by atoms with Gasteiger partial charge < -0.3 is 4.74 Å². The van der Waals surface area contributed by atoms with Crippen LogP contribution in [0.15, 0.2) is 48.5 Å². The van der Waals surface area contributed by atoms with Gasteiger partial charge in [-0.2, -0.15) is 5.10 Å². The summed E-state index contributed by atoms with van der Waals surface area (Å²) in [6, 6.07) is 14.6. The second-order valence-corrected chi connectivity index (χ2v) is 11.7. The number of halogens is 2. The molecule has 0 atom stereocenters. The lowest BCUT2D eigenvalue weighted by molar-refractivity contribution is 0.0929. The monoisotopic (exact) mass is 509 g/mol. The molecule has 1 fully saturated rings. The summed E-state index contributed by atoms with van der Waals surface area (Å²) in [5.74, 6) is 1.87. The van der Waals surface area contributed by atoms with E-state index < -0.39 is 0 Å². The standard InChI is InChI=1S/C22H21Cl2N3O3S2/c1-30-22-20(19(28)14-26-10-12-32(31-29)13-11-26)25-27(18-5-3-2-4-17(18)24)21(22)15-6-8-16(23)9-7-15/h2-9H,10-14H2,1H3. The third kappa shape index (κ3) is 4.84. The van der Waals surface area contributed by atoms with E-state index in [4.69, 9.17) is 27.9 Å². The average Bonchev–Trinajstić information content (AvgIpc) is 3.20. The van der Waals surface area contributed by atoms with Crippen LogP contribution in [0.25, 0.3) is 16.9 Å². The first-order valence-electron chi connectivity index (χ1n) is 9.93. The smallest absolute Gasteiger partial charge is 0.200 e. The van der Waals surface area contributed by atoms with Crippen LogP contribution in [-0.2, 0) is 19.7 Å². The number of methoxy groups -OCH3 is 1. The lowest BCUT2D eigenvalue weighted by Gasteiger charge is -2.26. The molecule has 0 saturated carbocycles. The second kappa shape index (κ2) is 10.3. The molecule has 0 unspecified atom stereocenters. The number of hydrogen-bond acceptors (Lipinski definition) is 5. The third-order valence-corrected chi connectivity index (χ3v) is 8.86. The largest absolute Gasteiger partial charge is 0.492 e. The van der Waals surface area contributed by atoms with Crippen LogP contribution in [0.5, 0.6) is 5.75 Å². The van der Waals surface area contributed by atoms with Crippen molar-refractivity contribution in [3.63, 3.8) is 0 Å². The molecule has 0 aliphatic carbocycles. The molecule has 32 heavy (non-hydrogen) atoms. The van der Waals surface area contributed by atoms with Crippen LogP contribution < -0.4 is 4.74 Å². The Morgan fingerprint density at radius 2 is 1.81 bits per heavy atom. The van der Waals surface area contributed by atoms with Gasteiger partial charge in [-0.1, -0.05) is 56.9 Å². The molecule has 2 heterocycles. The van der Waals surface area contributed by atoms with Gasteiger partial charge in [-0.05, 0) is 24.3 Å². The van der Waals surface area contributed by atoms with E-state index in [-0.39, 0.29) is 27.5 Å². The highest BCUT2D eigenvalue weighted by molar-refractivity contribution is 8.31. The summed E-state index contributed by atoms with van der Waals surface area (Å²) >= 11 is 12.6. The Kier molecular flexibility index (Phi) is 7.48. The highest BCUT2D eigenvalue weighted by Crippen LogP contribution is 2.37. The van der Waals surface area contributed by atoms with E-state index in [1.807, 2.05) is 30.3 Å². The number of benzene rings is 2. The molecule has 10 heteroatoms. The number of Topliss-reactive ketones (excluding diaryl/α,β-unsaturated/α-hetero) is 1. The summed E-state index contributed by atoms with van der Waals surface area (Å²) in [5.41, 5.74) is 2.32. The zero-order chi connectivity index (χ0) is 22.7. The molecule has 1 aliphatic heterocycles. The first-order chi connectivity index (χ1) is 15.5. The van der Waals surface area contributed by atoms with E-state index in [2.05, 4.69) is 10.00 Å². The normalized spacial score (nSPS) is 15.0. The van der Waals surface area contributed by atoms with Gasteiger partial charge in [0.25, 0.3) is 0 Å². The topological polar surface area (TPSA) is 64.4 Å². The fourth-order valence-corrected chi connectivity index (χ4v) is 6.08. The first kappa shape index (κ1) is 23.2. The van der Waals surface area contributed by atoms with Crippen molar-refractivity contribution in [3.8, 4) is 22.7 Å². The number of ketones is 1. The summed E-state index contributed by atoms with van der Waals surface area (Å²) in [4.78, 5) is 15.4. The van der Waals surface area contributed by atoms with Crippen LogP contribution in [0.3, 0.4) is 0 Å². The van der Waals surface area contributed by atoms with Gasteiger partial charge in [-0.15, -0.1) is 0 Å². The molecular weight excluding hydrogens is 489 g/mol. The van der Waals surface area contributed by atoms with Crippen LogP contribution in [0.1, 0.15) is 10.5 Å². The van der Waals surface area contributed by atoms with Crippen LogP contribution in [-0.4, -0.2) is 62.9 Å². The predicted octanol–water partition coefficient (Wildman–Crippen LogP) is 4.10. The quantitative estimate of drug-likeness (QED) is 0.468. The lowest BCUT2D eigenvalue weighted by Crippen LogP contribution is -2.40. The van der Waals surface area contributed by atoms with Crippen molar-refractivity contribution in [1.29, 1.82) is 0 Å². The van der Waals surface area contributed by atoms with E-state index in [9.17, 15) is 9.00 Å². The highest BCUT2D eigenvalue weighted by atomic mass is 35.5. The van der Waals surface area contributed by atoms with Crippen LogP contribution >= 0.6 is 23.2 Å². The molecule has 0 N–H and O–H groups in total. The van der Waals surface area contributed by atoms with Crippen LogP contribution in [0.4, 0.5) is 0 Å². The van der Waals surface area contributed by atoms with E-state index in [1.165, 1.54) is 7.11 Å². The number of rotatable bonds is 6. The minimum Gasteiger partial charge on any atom is -0.492 e. The number of carbonyl (C=O) groups excluding carboxylic acids is 1. The Morgan fingerprint density at radius 1 is 1.12 bits per heavy atom. The Labute approximate surface area is 201 Å². The van der Waals surface area contributed by atoms with E-state index >= 15 is 0 Å².